The van der Waals surface area contributed by atoms with E-state index in [0.29, 0.717) is 5.69 Å². The van der Waals surface area contributed by atoms with Crippen molar-refractivity contribution < 1.29 is 9.18 Å². The highest BCUT2D eigenvalue weighted by molar-refractivity contribution is 8.00. The van der Waals surface area contributed by atoms with Crippen LogP contribution in [0.15, 0.2) is 47.4 Å². The maximum absolute atomic E-state index is 13.0. The van der Waals surface area contributed by atoms with Crippen LogP contribution >= 0.6 is 23.4 Å². The lowest BCUT2D eigenvalue weighted by Gasteiger charge is -2.19. The quantitative estimate of drug-likeness (QED) is 0.736. The van der Waals surface area contributed by atoms with Crippen molar-refractivity contribution in [2.45, 2.75) is 31.1 Å². The maximum atomic E-state index is 13.0. The van der Waals surface area contributed by atoms with Crippen LogP contribution in [0.25, 0.3) is 0 Å². The van der Waals surface area contributed by atoms with Gasteiger partial charge in [0, 0.05) is 4.90 Å². The first-order valence-electron chi connectivity index (χ1n) is 7.24. The Labute approximate surface area is 145 Å². The fourth-order valence-electron chi connectivity index (χ4n) is 1.98. The molecular formula is C18H19ClFNOS. The Bertz CT molecular complexity index is 695. The molecule has 0 fully saturated rings. The molecule has 0 aliphatic heterocycles. The van der Waals surface area contributed by atoms with Gasteiger partial charge in [0.05, 0.1) is 16.5 Å². The second-order valence-corrected chi connectivity index (χ2v) is 7.69. The van der Waals surface area contributed by atoms with Gasteiger partial charge in [0.1, 0.15) is 5.82 Å². The molecule has 2 aromatic carbocycles. The summed E-state index contributed by atoms with van der Waals surface area (Å²) in [5.74, 6) is -0.340. The molecule has 122 valence electrons. The van der Waals surface area contributed by atoms with Crippen molar-refractivity contribution in [3.8, 4) is 0 Å². The van der Waals surface area contributed by atoms with Gasteiger partial charge in [-0.1, -0.05) is 44.5 Å². The Hall–Kier alpha value is -1.52. The van der Waals surface area contributed by atoms with Crippen molar-refractivity contribution in [1.82, 2.24) is 0 Å². The third kappa shape index (κ3) is 5.26. The summed E-state index contributed by atoms with van der Waals surface area (Å²) in [6.07, 6.45) is 0. The molecule has 0 heterocycles. The van der Waals surface area contributed by atoms with Gasteiger partial charge in [-0.25, -0.2) is 4.39 Å². The third-order valence-corrected chi connectivity index (χ3v) is 4.62. The highest BCUT2D eigenvalue weighted by atomic mass is 35.5. The van der Waals surface area contributed by atoms with Gasteiger partial charge < -0.3 is 5.32 Å². The number of amides is 1. The molecule has 1 amide bonds. The number of hydrogen-bond acceptors (Lipinski definition) is 2. The molecule has 0 bridgehead atoms. The van der Waals surface area contributed by atoms with Gasteiger partial charge >= 0.3 is 0 Å². The molecule has 0 atom stereocenters. The standard InChI is InChI=1S/C18H19ClFNOS/c1-18(2,3)12-4-7-14(8-5-12)23-11-17(22)21-16-9-6-13(20)10-15(16)19/h4-10H,11H2,1-3H3,(H,21,22). The Morgan fingerprint density at radius 3 is 2.39 bits per heavy atom. The number of carbonyl (C=O) groups excluding carboxylic acids is 1. The molecule has 0 aliphatic rings. The monoisotopic (exact) mass is 351 g/mol. The zero-order valence-electron chi connectivity index (χ0n) is 13.3. The fourth-order valence-corrected chi connectivity index (χ4v) is 2.89. The average molecular weight is 352 g/mol. The second kappa shape index (κ2) is 7.37. The SMILES string of the molecule is CC(C)(C)c1ccc(SCC(=O)Nc2ccc(F)cc2Cl)cc1. The Morgan fingerprint density at radius 2 is 1.83 bits per heavy atom. The zero-order chi connectivity index (χ0) is 17.0. The molecule has 2 rings (SSSR count). The van der Waals surface area contributed by atoms with Crippen LogP contribution in [-0.4, -0.2) is 11.7 Å². The molecule has 23 heavy (non-hydrogen) atoms. The zero-order valence-corrected chi connectivity index (χ0v) is 14.9. The van der Waals surface area contributed by atoms with E-state index in [4.69, 9.17) is 11.6 Å². The molecule has 2 nitrogen and oxygen atoms in total. The van der Waals surface area contributed by atoms with E-state index in [1.807, 2.05) is 12.1 Å². The minimum atomic E-state index is -0.429. The molecule has 0 aliphatic carbocycles. The van der Waals surface area contributed by atoms with Gasteiger partial charge in [-0.05, 0) is 41.3 Å². The number of anilines is 1. The van der Waals surface area contributed by atoms with Crippen LogP contribution in [0.2, 0.25) is 5.02 Å². The number of halogens is 2. The lowest BCUT2D eigenvalue weighted by Crippen LogP contribution is -2.14. The van der Waals surface area contributed by atoms with Crippen LogP contribution in [0.1, 0.15) is 26.3 Å². The predicted molar refractivity (Wildman–Crippen MR) is 95.9 cm³/mol. The number of hydrogen-bond donors (Lipinski definition) is 1. The molecule has 1 N–H and O–H groups in total. The van der Waals surface area contributed by atoms with E-state index >= 15 is 0 Å². The molecule has 5 heteroatoms. The van der Waals surface area contributed by atoms with Gasteiger partial charge in [-0.3, -0.25) is 4.79 Å². The fraction of sp³-hybridized carbons (Fsp3) is 0.278. The van der Waals surface area contributed by atoms with Crippen LogP contribution < -0.4 is 5.32 Å². The largest absolute Gasteiger partial charge is 0.324 e. The molecule has 0 radical (unpaired) electrons. The summed E-state index contributed by atoms with van der Waals surface area (Å²) >= 11 is 7.34. The molecule has 0 aromatic heterocycles. The maximum Gasteiger partial charge on any atom is 0.234 e. The van der Waals surface area contributed by atoms with E-state index in [1.165, 1.54) is 35.5 Å². The summed E-state index contributed by atoms with van der Waals surface area (Å²) in [5.41, 5.74) is 1.78. The van der Waals surface area contributed by atoms with Crippen molar-refractivity contribution in [2.75, 3.05) is 11.1 Å². The topological polar surface area (TPSA) is 29.1 Å². The number of benzene rings is 2. The van der Waals surface area contributed by atoms with Crippen LogP contribution in [-0.2, 0) is 10.2 Å². The Kier molecular flexibility index (Phi) is 5.71. The van der Waals surface area contributed by atoms with Crippen molar-refractivity contribution in [2.24, 2.45) is 0 Å². The van der Waals surface area contributed by atoms with Crippen LogP contribution in [0, 0.1) is 5.82 Å². The van der Waals surface area contributed by atoms with E-state index in [2.05, 4.69) is 38.2 Å². The molecule has 0 saturated carbocycles. The minimum absolute atomic E-state index is 0.111. The van der Waals surface area contributed by atoms with Crippen LogP contribution in [0.5, 0.6) is 0 Å². The summed E-state index contributed by atoms with van der Waals surface area (Å²) in [5, 5.41) is 2.88. The number of carbonyl (C=O) groups is 1. The predicted octanol–water partition coefficient (Wildman–Crippen LogP) is 5.51. The van der Waals surface area contributed by atoms with Crippen LogP contribution in [0.3, 0.4) is 0 Å². The van der Waals surface area contributed by atoms with E-state index in [9.17, 15) is 9.18 Å². The lowest BCUT2D eigenvalue weighted by molar-refractivity contribution is -0.113. The minimum Gasteiger partial charge on any atom is -0.324 e. The first-order chi connectivity index (χ1) is 10.8. The first-order valence-corrected chi connectivity index (χ1v) is 8.60. The van der Waals surface area contributed by atoms with Gasteiger partial charge in [0.2, 0.25) is 5.91 Å². The van der Waals surface area contributed by atoms with Crippen molar-refractivity contribution in [3.63, 3.8) is 0 Å². The molecule has 0 spiro atoms. The van der Waals surface area contributed by atoms with Gasteiger partial charge in [-0.2, -0.15) is 0 Å². The molecular weight excluding hydrogens is 333 g/mol. The van der Waals surface area contributed by atoms with Gasteiger partial charge in [0.25, 0.3) is 0 Å². The van der Waals surface area contributed by atoms with E-state index < -0.39 is 5.82 Å². The molecule has 0 unspecified atom stereocenters. The van der Waals surface area contributed by atoms with Gasteiger partial charge in [-0.15, -0.1) is 11.8 Å². The van der Waals surface area contributed by atoms with Crippen molar-refractivity contribution in [3.05, 3.63) is 58.9 Å². The highest BCUT2D eigenvalue weighted by Crippen LogP contribution is 2.26. The third-order valence-electron chi connectivity index (χ3n) is 3.30. The highest BCUT2D eigenvalue weighted by Gasteiger charge is 2.13. The summed E-state index contributed by atoms with van der Waals surface area (Å²) in [6, 6.07) is 12.1. The van der Waals surface area contributed by atoms with E-state index in [0.717, 1.165) is 4.90 Å². The molecule has 0 saturated heterocycles. The second-order valence-electron chi connectivity index (χ2n) is 6.24. The number of nitrogens with one attached hydrogen (secondary N) is 1. The van der Waals surface area contributed by atoms with E-state index in [-0.39, 0.29) is 22.1 Å². The Balaban J connectivity index is 1.91. The van der Waals surface area contributed by atoms with Gasteiger partial charge in [0.15, 0.2) is 0 Å². The lowest BCUT2D eigenvalue weighted by atomic mass is 9.87. The van der Waals surface area contributed by atoms with E-state index in [1.54, 1.807) is 0 Å². The number of rotatable bonds is 4. The summed E-state index contributed by atoms with van der Waals surface area (Å²) < 4.78 is 13.0. The summed E-state index contributed by atoms with van der Waals surface area (Å²) in [6.45, 7) is 6.49. The van der Waals surface area contributed by atoms with Crippen LogP contribution in [0.4, 0.5) is 10.1 Å². The summed E-state index contributed by atoms with van der Waals surface area (Å²) in [4.78, 5) is 13.0. The smallest absolute Gasteiger partial charge is 0.234 e. The Morgan fingerprint density at radius 1 is 1.17 bits per heavy atom. The van der Waals surface area contributed by atoms with Crippen molar-refractivity contribution in [1.29, 1.82) is 0 Å². The average Bonchev–Trinajstić information content (AvgIpc) is 2.47. The first kappa shape index (κ1) is 17.8. The molecule has 2 aromatic rings. The normalized spacial score (nSPS) is 11.3. The number of thioether (sulfide) groups is 1. The van der Waals surface area contributed by atoms with Crippen molar-refractivity contribution >= 4 is 35.0 Å². The summed E-state index contributed by atoms with van der Waals surface area (Å²) in [7, 11) is 0.